The van der Waals surface area contributed by atoms with Crippen LogP contribution in [0, 0.1) is 6.92 Å². The van der Waals surface area contributed by atoms with Gasteiger partial charge in [0.15, 0.2) is 0 Å². The van der Waals surface area contributed by atoms with Gasteiger partial charge in [-0.1, -0.05) is 30.3 Å². The molecule has 0 spiro atoms. The number of nitrogens with one attached hydrogen (secondary N) is 1. The number of ether oxygens (including phenoxy) is 1. The summed E-state index contributed by atoms with van der Waals surface area (Å²) in [7, 11) is -2.28. The molecular formula is C20H24N2O5S. The summed E-state index contributed by atoms with van der Waals surface area (Å²) in [6.45, 7) is 1.86. The van der Waals surface area contributed by atoms with Gasteiger partial charge in [0, 0.05) is 6.54 Å². The Morgan fingerprint density at radius 2 is 1.71 bits per heavy atom. The molecule has 0 fully saturated rings. The number of aryl methyl sites for hydroxylation is 1. The monoisotopic (exact) mass is 404 g/mol. The molecule has 0 aliphatic heterocycles. The van der Waals surface area contributed by atoms with Crippen molar-refractivity contribution in [1.29, 1.82) is 0 Å². The zero-order valence-corrected chi connectivity index (χ0v) is 17.0. The smallest absolute Gasteiger partial charge is 0.337 e. The first-order chi connectivity index (χ1) is 13.2. The van der Waals surface area contributed by atoms with Crippen LogP contribution >= 0.6 is 0 Å². The average molecular weight is 404 g/mol. The minimum Gasteiger partial charge on any atom is -0.465 e. The molecule has 0 bridgehead atoms. The molecule has 28 heavy (non-hydrogen) atoms. The molecule has 8 heteroatoms. The van der Waals surface area contributed by atoms with Crippen molar-refractivity contribution in [1.82, 2.24) is 5.32 Å². The highest BCUT2D eigenvalue weighted by Gasteiger charge is 2.21. The van der Waals surface area contributed by atoms with Gasteiger partial charge < -0.3 is 10.1 Å². The van der Waals surface area contributed by atoms with Gasteiger partial charge in [-0.25, -0.2) is 13.2 Å². The highest BCUT2D eigenvalue weighted by Crippen LogP contribution is 2.21. The molecule has 150 valence electrons. The fourth-order valence-corrected chi connectivity index (χ4v) is 3.60. The first-order valence-electron chi connectivity index (χ1n) is 8.69. The third-order valence-corrected chi connectivity index (χ3v) is 5.31. The number of rotatable bonds is 8. The zero-order valence-electron chi connectivity index (χ0n) is 16.1. The van der Waals surface area contributed by atoms with E-state index in [4.69, 9.17) is 0 Å². The summed E-state index contributed by atoms with van der Waals surface area (Å²) in [6.07, 6.45) is 1.63. The quantitative estimate of drug-likeness (QED) is 0.679. The van der Waals surface area contributed by atoms with Gasteiger partial charge in [-0.2, -0.15) is 0 Å². The number of anilines is 1. The van der Waals surface area contributed by atoms with Crippen molar-refractivity contribution in [2.24, 2.45) is 0 Å². The van der Waals surface area contributed by atoms with Crippen LogP contribution in [0.25, 0.3) is 0 Å². The number of hydrogen-bond donors (Lipinski definition) is 1. The highest BCUT2D eigenvalue weighted by atomic mass is 32.2. The lowest BCUT2D eigenvalue weighted by Crippen LogP contribution is -2.41. The van der Waals surface area contributed by atoms with Gasteiger partial charge in [0.05, 0.1) is 24.6 Å². The minimum atomic E-state index is -3.60. The molecule has 0 atom stereocenters. The number of nitrogens with zero attached hydrogens (tertiary/aromatic N) is 1. The summed E-state index contributed by atoms with van der Waals surface area (Å²) in [6, 6.07) is 13.9. The summed E-state index contributed by atoms with van der Waals surface area (Å²) >= 11 is 0. The van der Waals surface area contributed by atoms with Gasteiger partial charge in [-0.05, 0) is 42.7 Å². The molecule has 0 saturated heterocycles. The molecule has 0 heterocycles. The van der Waals surface area contributed by atoms with Crippen LogP contribution < -0.4 is 9.62 Å². The lowest BCUT2D eigenvalue weighted by atomic mass is 10.1. The third-order valence-electron chi connectivity index (χ3n) is 4.18. The number of amides is 1. The molecule has 0 radical (unpaired) electrons. The van der Waals surface area contributed by atoms with Crippen LogP contribution in [0.3, 0.4) is 0 Å². The Balaban J connectivity index is 1.95. The third kappa shape index (κ3) is 5.82. The SMILES string of the molecule is COC(=O)c1ccc(CCNC(=O)CN(c2ccccc2C)S(C)(=O)=O)cc1. The van der Waals surface area contributed by atoms with Gasteiger partial charge in [-0.15, -0.1) is 0 Å². The standard InChI is InChI=1S/C20H24N2O5S/c1-15-6-4-5-7-18(15)22(28(3,25)26)14-19(23)21-13-12-16-8-10-17(11-9-16)20(24)27-2/h4-11H,12-14H2,1-3H3,(H,21,23). The maximum Gasteiger partial charge on any atom is 0.337 e. The molecule has 1 N–H and O–H groups in total. The molecule has 0 aliphatic rings. The first kappa shape index (κ1) is 21.4. The Bertz CT molecular complexity index is 939. The van der Waals surface area contributed by atoms with E-state index in [1.165, 1.54) is 7.11 Å². The first-order valence-corrected chi connectivity index (χ1v) is 10.5. The van der Waals surface area contributed by atoms with E-state index in [0.717, 1.165) is 21.7 Å². The van der Waals surface area contributed by atoms with E-state index in [0.29, 0.717) is 24.2 Å². The van der Waals surface area contributed by atoms with Crippen LogP contribution in [-0.4, -0.2) is 46.7 Å². The van der Waals surface area contributed by atoms with Crippen molar-refractivity contribution in [2.75, 3.05) is 30.8 Å². The van der Waals surface area contributed by atoms with Crippen molar-refractivity contribution in [3.63, 3.8) is 0 Å². The number of carbonyl (C=O) groups is 2. The summed E-state index contributed by atoms with van der Waals surface area (Å²) in [5, 5.41) is 2.73. The number of esters is 1. The average Bonchev–Trinajstić information content (AvgIpc) is 2.66. The summed E-state index contributed by atoms with van der Waals surface area (Å²) in [5.41, 5.74) is 2.65. The number of hydrogen-bond acceptors (Lipinski definition) is 5. The Hall–Kier alpha value is -2.87. The van der Waals surface area contributed by atoms with Crippen LogP contribution in [0.4, 0.5) is 5.69 Å². The van der Waals surface area contributed by atoms with Crippen LogP contribution in [0.1, 0.15) is 21.5 Å². The lowest BCUT2D eigenvalue weighted by molar-refractivity contribution is -0.119. The van der Waals surface area contributed by atoms with E-state index in [1.807, 2.05) is 6.07 Å². The van der Waals surface area contributed by atoms with Crippen LogP contribution in [-0.2, 0) is 26.0 Å². The van der Waals surface area contributed by atoms with Gasteiger partial charge in [-0.3, -0.25) is 9.10 Å². The maximum atomic E-state index is 12.3. The van der Waals surface area contributed by atoms with E-state index in [-0.39, 0.29) is 12.5 Å². The number of methoxy groups -OCH3 is 1. The number of para-hydroxylation sites is 1. The molecule has 0 aromatic heterocycles. The number of sulfonamides is 1. The molecule has 0 aliphatic carbocycles. The van der Waals surface area contributed by atoms with Gasteiger partial charge in [0.2, 0.25) is 15.9 Å². The van der Waals surface area contributed by atoms with Crippen molar-refractivity contribution < 1.29 is 22.7 Å². The molecule has 2 aromatic rings. The summed E-state index contributed by atoms with van der Waals surface area (Å²) < 4.78 is 30.0. The molecule has 0 saturated carbocycles. The summed E-state index contributed by atoms with van der Waals surface area (Å²) in [4.78, 5) is 23.7. The van der Waals surface area contributed by atoms with Crippen LogP contribution in [0.2, 0.25) is 0 Å². The molecular weight excluding hydrogens is 380 g/mol. The fraction of sp³-hybridized carbons (Fsp3) is 0.300. The normalized spacial score (nSPS) is 11.0. The molecule has 0 unspecified atom stereocenters. The molecule has 2 rings (SSSR count). The van der Waals surface area contributed by atoms with Crippen molar-refractivity contribution in [2.45, 2.75) is 13.3 Å². The van der Waals surface area contributed by atoms with E-state index in [9.17, 15) is 18.0 Å². The highest BCUT2D eigenvalue weighted by molar-refractivity contribution is 7.92. The minimum absolute atomic E-state index is 0.287. The lowest BCUT2D eigenvalue weighted by Gasteiger charge is -2.23. The Labute approximate surface area is 165 Å². The van der Waals surface area contributed by atoms with E-state index < -0.39 is 16.0 Å². The van der Waals surface area contributed by atoms with Crippen molar-refractivity contribution in [3.05, 3.63) is 65.2 Å². The molecule has 2 aromatic carbocycles. The van der Waals surface area contributed by atoms with Crippen molar-refractivity contribution >= 4 is 27.6 Å². The largest absolute Gasteiger partial charge is 0.465 e. The van der Waals surface area contributed by atoms with Gasteiger partial charge >= 0.3 is 5.97 Å². The Kier molecular flexibility index (Phi) is 7.17. The predicted octanol–water partition coefficient (Wildman–Crippen LogP) is 1.91. The maximum absolute atomic E-state index is 12.3. The summed E-state index contributed by atoms with van der Waals surface area (Å²) in [5.74, 6) is -0.795. The van der Waals surface area contributed by atoms with Crippen LogP contribution in [0.15, 0.2) is 48.5 Å². The van der Waals surface area contributed by atoms with Gasteiger partial charge in [0.1, 0.15) is 6.54 Å². The second kappa shape index (κ2) is 9.36. The number of benzene rings is 2. The Morgan fingerprint density at radius 1 is 1.07 bits per heavy atom. The fourth-order valence-electron chi connectivity index (χ4n) is 2.68. The number of carbonyl (C=O) groups excluding carboxylic acids is 2. The Morgan fingerprint density at radius 3 is 2.29 bits per heavy atom. The second-order valence-electron chi connectivity index (χ2n) is 6.34. The van der Waals surface area contributed by atoms with Crippen molar-refractivity contribution in [3.8, 4) is 0 Å². The molecule has 7 nitrogen and oxygen atoms in total. The van der Waals surface area contributed by atoms with E-state index in [2.05, 4.69) is 10.1 Å². The van der Waals surface area contributed by atoms with Gasteiger partial charge in [0.25, 0.3) is 0 Å². The zero-order chi connectivity index (χ0) is 20.7. The second-order valence-corrected chi connectivity index (χ2v) is 8.25. The van der Waals surface area contributed by atoms with E-state index in [1.54, 1.807) is 49.4 Å². The predicted molar refractivity (Wildman–Crippen MR) is 108 cm³/mol. The topological polar surface area (TPSA) is 92.8 Å². The van der Waals surface area contributed by atoms with Crippen LogP contribution in [0.5, 0.6) is 0 Å². The molecule has 1 amide bonds. The van der Waals surface area contributed by atoms with E-state index >= 15 is 0 Å².